The fraction of sp³-hybridized carbons (Fsp3) is 0.667. The lowest BCUT2D eigenvalue weighted by Gasteiger charge is -2.10. The van der Waals surface area contributed by atoms with Gasteiger partial charge in [-0.25, -0.2) is 22.8 Å². The lowest BCUT2D eigenvalue weighted by Crippen LogP contribution is -2.02. The van der Waals surface area contributed by atoms with E-state index in [-0.39, 0.29) is 12.0 Å². The Morgan fingerprint density at radius 3 is 1.78 bits per heavy atom. The molecule has 0 amide bonds. The molecule has 0 spiro atoms. The molecule has 1 rings (SSSR count). The minimum atomic E-state index is -1.79. The Morgan fingerprint density at radius 2 is 1.22 bits per heavy atom. The molecule has 0 aromatic heterocycles. The topological polar surface area (TPSA) is 38.7 Å². The third kappa shape index (κ3) is 8.60. The molecule has 9 heteroatoms. The molecule has 0 unspecified atom stereocenters. The van der Waals surface area contributed by atoms with Crippen LogP contribution < -0.4 is 0 Å². The molecular formula is C18H26F4O3S2. The molecule has 0 heterocycles. The number of hydrogen-bond acceptors (Lipinski definition) is 5. The highest BCUT2D eigenvalue weighted by atomic mass is 32.2. The van der Waals surface area contributed by atoms with Gasteiger partial charge in [0.25, 0.3) is 0 Å². The lowest BCUT2D eigenvalue weighted by atomic mass is 10.1. The summed E-state index contributed by atoms with van der Waals surface area (Å²) >= 11 is 0.721. The fourth-order valence-electron chi connectivity index (χ4n) is 2.60. The van der Waals surface area contributed by atoms with Gasteiger partial charge in [0, 0.05) is 0 Å². The highest BCUT2D eigenvalue weighted by molar-refractivity contribution is 7.99. The molecule has 1 N–H and O–H groups in total. The smallest absolute Gasteiger partial charge is 0.197 e. The molecule has 0 saturated heterocycles. The van der Waals surface area contributed by atoms with Gasteiger partial charge in [0.2, 0.25) is 0 Å². The Balaban J connectivity index is 2.37. The fourth-order valence-corrected chi connectivity index (χ4v) is 4.10. The summed E-state index contributed by atoms with van der Waals surface area (Å²) in [5.41, 5.74) is 0. The standard InChI is InChI=1S/C18H26F4O3S2/c1-2-3-4-5-6-7-8-9-10-11-12-26-17-14(20)13(19)15(21)18(16(17)22)27-25-24-23/h23H,2-12H2,1H3. The molecule has 0 aliphatic rings. The molecule has 0 bridgehead atoms. The SMILES string of the molecule is CCCCCCCCCCCCSc1c(F)c(F)c(F)c(SOOO)c1F. The first kappa shape index (κ1) is 24.6. The van der Waals surface area contributed by atoms with E-state index in [0.29, 0.717) is 5.75 Å². The van der Waals surface area contributed by atoms with Crippen molar-refractivity contribution in [3.8, 4) is 0 Å². The Morgan fingerprint density at radius 1 is 0.704 bits per heavy atom. The largest absolute Gasteiger partial charge is 0.220 e. The quantitative estimate of drug-likeness (QED) is 0.0451. The first-order chi connectivity index (χ1) is 13.0. The maximum absolute atomic E-state index is 14.2. The van der Waals surface area contributed by atoms with Gasteiger partial charge in [0.1, 0.15) is 4.90 Å². The van der Waals surface area contributed by atoms with E-state index in [0.717, 1.165) is 37.4 Å². The second-order valence-electron chi connectivity index (χ2n) is 6.17. The minimum Gasteiger partial charge on any atom is -0.220 e. The minimum absolute atomic E-state index is 0.0719. The van der Waals surface area contributed by atoms with Crippen LogP contribution in [-0.2, 0) is 9.37 Å². The Hall–Kier alpha value is -0.480. The Bertz CT molecular complexity index is 562. The van der Waals surface area contributed by atoms with E-state index in [1.165, 1.54) is 38.5 Å². The zero-order valence-electron chi connectivity index (χ0n) is 15.4. The molecule has 0 aliphatic heterocycles. The number of unbranched alkanes of at least 4 members (excludes halogenated alkanes) is 9. The van der Waals surface area contributed by atoms with E-state index in [4.69, 9.17) is 5.26 Å². The molecule has 156 valence electrons. The molecule has 0 radical (unpaired) electrons. The Labute approximate surface area is 166 Å². The summed E-state index contributed by atoms with van der Waals surface area (Å²) in [6.45, 7) is 2.19. The highest BCUT2D eigenvalue weighted by Crippen LogP contribution is 2.37. The molecule has 1 aromatic rings. The van der Waals surface area contributed by atoms with Gasteiger partial charge in [0.15, 0.2) is 23.3 Å². The van der Waals surface area contributed by atoms with Crippen LogP contribution in [0.2, 0.25) is 0 Å². The van der Waals surface area contributed by atoms with E-state index in [1.807, 2.05) is 0 Å². The second kappa shape index (κ2) is 14.5. The summed E-state index contributed by atoms with van der Waals surface area (Å²) in [4.78, 5) is -1.51. The van der Waals surface area contributed by atoms with Crippen LogP contribution in [-0.4, -0.2) is 11.0 Å². The van der Waals surface area contributed by atoms with Crippen molar-refractivity contribution in [1.82, 2.24) is 0 Å². The molecule has 0 atom stereocenters. The van der Waals surface area contributed by atoms with Crippen LogP contribution in [0.3, 0.4) is 0 Å². The average molecular weight is 431 g/mol. The van der Waals surface area contributed by atoms with Crippen LogP contribution in [0.25, 0.3) is 0 Å². The summed E-state index contributed by atoms with van der Waals surface area (Å²) in [7, 11) is 0. The van der Waals surface area contributed by atoms with Crippen molar-refractivity contribution in [3.63, 3.8) is 0 Å². The van der Waals surface area contributed by atoms with Crippen LogP contribution in [0.4, 0.5) is 17.6 Å². The van der Waals surface area contributed by atoms with E-state index in [9.17, 15) is 17.6 Å². The maximum atomic E-state index is 14.2. The van der Waals surface area contributed by atoms with Gasteiger partial charge in [-0.05, 0) is 12.2 Å². The molecule has 0 fully saturated rings. The van der Waals surface area contributed by atoms with E-state index in [1.54, 1.807) is 0 Å². The third-order valence-corrected chi connectivity index (χ3v) is 5.87. The van der Waals surface area contributed by atoms with Gasteiger partial charge >= 0.3 is 0 Å². The molecule has 27 heavy (non-hydrogen) atoms. The number of benzene rings is 1. The highest BCUT2D eigenvalue weighted by Gasteiger charge is 2.26. The number of halogens is 4. The van der Waals surface area contributed by atoms with Crippen LogP contribution >= 0.6 is 23.8 Å². The molecule has 3 nitrogen and oxygen atoms in total. The number of rotatable bonds is 15. The number of hydrogen-bond donors (Lipinski definition) is 1. The van der Waals surface area contributed by atoms with Gasteiger partial charge in [-0.15, -0.1) is 16.1 Å². The van der Waals surface area contributed by atoms with E-state index < -0.39 is 33.1 Å². The summed E-state index contributed by atoms with van der Waals surface area (Å²) in [5.74, 6) is -5.96. The van der Waals surface area contributed by atoms with Crippen molar-refractivity contribution < 1.29 is 32.2 Å². The van der Waals surface area contributed by atoms with E-state index >= 15 is 0 Å². The van der Waals surface area contributed by atoms with E-state index in [2.05, 4.69) is 16.3 Å². The third-order valence-electron chi connectivity index (χ3n) is 4.07. The van der Waals surface area contributed by atoms with Crippen molar-refractivity contribution >= 4 is 23.8 Å². The van der Waals surface area contributed by atoms with Crippen LogP contribution in [0, 0.1) is 23.3 Å². The van der Waals surface area contributed by atoms with Gasteiger partial charge < -0.3 is 0 Å². The maximum Gasteiger partial charge on any atom is 0.197 e. The molecule has 0 saturated carbocycles. The summed E-state index contributed by atoms with van der Waals surface area (Å²) < 4.78 is 59.1. The summed E-state index contributed by atoms with van der Waals surface area (Å²) in [6, 6.07) is 0. The van der Waals surface area contributed by atoms with Crippen molar-refractivity contribution in [2.75, 3.05) is 5.75 Å². The van der Waals surface area contributed by atoms with Gasteiger partial charge in [0.05, 0.1) is 16.9 Å². The van der Waals surface area contributed by atoms with Crippen molar-refractivity contribution in [2.24, 2.45) is 0 Å². The van der Waals surface area contributed by atoms with Crippen LogP contribution in [0.1, 0.15) is 71.1 Å². The lowest BCUT2D eigenvalue weighted by molar-refractivity contribution is -0.432. The summed E-state index contributed by atoms with van der Waals surface area (Å²) in [5, 5.41) is 11.3. The molecule has 1 aromatic carbocycles. The zero-order valence-corrected chi connectivity index (χ0v) is 17.0. The Kier molecular flexibility index (Phi) is 13.2. The molecule has 0 aliphatic carbocycles. The predicted octanol–water partition coefficient (Wildman–Crippen LogP) is 7.68. The second-order valence-corrected chi connectivity index (χ2v) is 7.99. The zero-order chi connectivity index (χ0) is 20.1. The van der Waals surface area contributed by atoms with Gasteiger partial charge in [-0.1, -0.05) is 69.7 Å². The first-order valence-corrected chi connectivity index (χ1v) is 10.9. The van der Waals surface area contributed by atoms with Crippen LogP contribution in [0.15, 0.2) is 9.79 Å². The van der Waals surface area contributed by atoms with Gasteiger partial charge in [-0.3, -0.25) is 0 Å². The van der Waals surface area contributed by atoms with Crippen LogP contribution in [0.5, 0.6) is 0 Å². The number of thioether (sulfide) groups is 1. The monoisotopic (exact) mass is 430 g/mol. The first-order valence-electron chi connectivity index (χ1n) is 9.18. The average Bonchev–Trinajstić information content (AvgIpc) is 2.66. The molecular weight excluding hydrogens is 404 g/mol. The predicted molar refractivity (Wildman–Crippen MR) is 99.5 cm³/mol. The van der Waals surface area contributed by atoms with Crippen molar-refractivity contribution in [2.45, 2.75) is 80.9 Å². The van der Waals surface area contributed by atoms with Crippen molar-refractivity contribution in [3.05, 3.63) is 23.3 Å². The van der Waals surface area contributed by atoms with Gasteiger partial charge in [-0.2, -0.15) is 0 Å². The van der Waals surface area contributed by atoms with Crippen molar-refractivity contribution in [1.29, 1.82) is 0 Å². The summed E-state index contributed by atoms with van der Waals surface area (Å²) in [6.07, 6.45) is 11.3. The normalized spacial score (nSPS) is 11.3.